The van der Waals surface area contributed by atoms with Crippen LogP contribution in [0.15, 0.2) is 29.2 Å². The molecule has 0 aliphatic carbocycles. The Kier molecular flexibility index (Phi) is 5.99. The third-order valence-electron chi connectivity index (χ3n) is 3.53. The highest BCUT2D eigenvalue weighted by atomic mass is 35.5. The molecule has 0 atom stereocenters. The maximum Gasteiger partial charge on any atom is 0.272 e. The number of nitrogens with one attached hydrogen (secondary N) is 2. The van der Waals surface area contributed by atoms with Gasteiger partial charge < -0.3 is 15.4 Å². The van der Waals surface area contributed by atoms with Gasteiger partial charge in [-0.2, -0.15) is 4.31 Å². The van der Waals surface area contributed by atoms with Crippen molar-refractivity contribution in [1.82, 2.24) is 9.29 Å². The topological polar surface area (TPSA) is 102 Å². The summed E-state index contributed by atoms with van der Waals surface area (Å²) in [5.74, 6) is -0.892. The molecule has 1 aromatic carbocycles. The summed E-state index contributed by atoms with van der Waals surface area (Å²) < 4.78 is 26.4. The molecule has 1 aromatic heterocycles. The van der Waals surface area contributed by atoms with Gasteiger partial charge in [-0.25, -0.2) is 8.42 Å². The molecule has 0 saturated heterocycles. The van der Waals surface area contributed by atoms with Crippen molar-refractivity contribution in [2.75, 3.05) is 18.4 Å². The highest BCUT2D eigenvalue weighted by molar-refractivity contribution is 7.89. The number of hydrogen-bond donors (Lipinski definition) is 3. The van der Waals surface area contributed by atoms with E-state index in [-0.39, 0.29) is 32.2 Å². The second kappa shape index (κ2) is 7.65. The quantitative estimate of drug-likeness (QED) is 0.641. The largest absolute Gasteiger partial charge is 0.506 e. The molecule has 0 radical (unpaired) electrons. The van der Waals surface area contributed by atoms with Gasteiger partial charge in [0.1, 0.15) is 16.6 Å². The third kappa shape index (κ3) is 4.09. The highest BCUT2D eigenvalue weighted by Crippen LogP contribution is 2.29. The third-order valence-corrected chi connectivity index (χ3v) is 6.27. The number of aromatic amines is 1. The predicted molar refractivity (Wildman–Crippen MR) is 97.0 cm³/mol. The van der Waals surface area contributed by atoms with Crippen LogP contribution in [-0.2, 0) is 10.0 Å². The van der Waals surface area contributed by atoms with E-state index in [0.29, 0.717) is 13.1 Å². The van der Waals surface area contributed by atoms with E-state index in [9.17, 15) is 18.3 Å². The van der Waals surface area contributed by atoms with Gasteiger partial charge in [-0.05, 0) is 24.3 Å². The number of carbonyl (C=O) groups is 1. The van der Waals surface area contributed by atoms with Gasteiger partial charge in [0.2, 0.25) is 10.0 Å². The van der Waals surface area contributed by atoms with E-state index < -0.39 is 15.9 Å². The molecule has 0 aliphatic rings. The normalized spacial score (nSPS) is 11.7. The van der Waals surface area contributed by atoms with Crippen LogP contribution >= 0.6 is 23.2 Å². The number of benzene rings is 1. The lowest BCUT2D eigenvalue weighted by atomic mass is 10.3. The van der Waals surface area contributed by atoms with E-state index in [0.717, 1.165) is 0 Å². The maximum atomic E-state index is 12.6. The number of nitrogens with zero attached hydrogens (tertiary/aromatic N) is 1. The molecular formula is C15H17Cl2N3O4S. The molecule has 0 bridgehead atoms. The first-order valence-corrected chi connectivity index (χ1v) is 9.58. The molecule has 0 fully saturated rings. The molecular weight excluding hydrogens is 389 g/mol. The zero-order chi connectivity index (χ0) is 18.8. The number of amides is 1. The SMILES string of the molecule is CCN(CC)S(=O)(=O)c1ccc(O)c(NC(=O)c2cc(Cl)c(Cl)[nH]2)c1. The minimum absolute atomic E-state index is 0.0353. The number of phenols is 1. The number of carbonyl (C=O) groups excluding carboxylic acids is 1. The fraction of sp³-hybridized carbons (Fsp3) is 0.267. The Balaban J connectivity index is 2.35. The van der Waals surface area contributed by atoms with Crippen LogP contribution in [0.4, 0.5) is 5.69 Å². The number of aromatic hydroxyl groups is 1. The maximum absolute atomic E-state index is 12.6. The lowest BCUT2D eigenvalue weighted by Gasteiger charge is -2.19. The minimum atomic E-state index is -3.72. The first kappa shape index (κ1) is 19.6. The Hall–Kier alpha value is -1.74. The van der Waals surface area contributed by atoms with Crippen molar-refractivity contribution in [2.45, 2.75) is 18.7 Å². The first-order chi connectivity index (χ1) is 11.7. The lowest BCUT2D eigenvalue weighted by molar-refractivity contribution is 0.102. The van der Waals surface area contributed by atoms with Crippen LogP contribution in [0.1, 0.15) is 24.3 Å². The molecule has 3 N–H and O–H groups in total. The molecule has 0 unspecified atom stereocenters. The van der Waals surface area contributed by atoms with Crippen LogP contribution < -0.4 is 5.32 Å². The Bertz CT molecular complexity index is 873. The summed E-state index contributed by atoms with van der Waals surface area (Å²) in [4.78, 5) is 14.8. The molecule has 1 amide bonds. The standard InChI is InChI=1S/C15H17Cl2N3O4S/c1-3-20(4-2)25(23,24)9-5-6-13(21)11(7-9)19-15(22)12-8-10(16)14(17)18-12/h5-8,18,21H,3-4H2,1-2H3,(H,19,22). The van der Waals surface area contributed by atoms with Crippen molar-refractivity contribution in [3.05, 3.63) is 40.1 Å². The average Bonchev–Trinajstić information content (AvgIpc) is 2.89. The first-order valence-electron chi connectivity index (χ1n) is 7.39. The zero-order valence-electron chi connectivity index (χ0n) is 13.5. The number of rotatable bonds is 6. The van der Waals surface area contributed by atoms with Crippen LogP contribution in [0.3, 0.4) is 0 Å². The summed E-state index contributed by atoms with van der Waals surface area (Å²) in [5, 5.41) is 12.6. The molecule has 7 nitrogen and oxygen atoms in total. The van der Waals surface area contributed by atoms with Crippen molar-refractivity contribution in [3.63, 3.8) is 0 Å². The van der Waals surface area contributed by atoms with Crippen molar-refractivity contribution >= 4 is 44.8 Å². The molecule has 10 heteroatoms. The summed E-state index contributed by atoms with van der Waals surface area (Å²) in [6, 6.07) is 5.02. The smallest absolute Gasteiger partial charge is 0.272 e. The molecule has 136 valence electrons. The highest BCUT2D eigenvalue weighted by Gasteiger charge is 2.23. The number of anilines is 1. The zero-order valence-corrected chi connectivity index (χ0v) is 15.8. The van der Waals surface area contributed by atoms with Crippen molar-refractivity contribution in [2.24, 2.45) is 0 Å². The molecule has 2 rings (SSSR count). The van der Waals surface area contributed by atoms with E-state index in [1.165, 1.54) is 28.6 Å². The van der Waals surface area contributed by atoms with Gasteiger partial charge in [0.25, 0.3) is 5.91 Å². The van der Waals surface area contributed by atoms with Crippen LogP contribution in [-0.4, -0.2) is 41.8 Å². The second-order valence-corrected chi connectivity index (χ2v) is 7.79. The number of halogens is 2. The van der Waals surface area contributed by atoms with Gasteiger partial charge in [-0.15, -0.1) is 0 Å². The average molecular weight is 406 g/mol. The van der Waals surface area contributed by atoms with Crippen molar-refractivity contribution in [1.29, 1.82) is 0 Å². The van der Waals surface area contributed by atoms with Crippen LogP contribution in [0.5, 0.6) is 5.75 Å². The van der Waals surface area contributed by atoms with Crippen LogP contribution in [0, 0.1) is 0 Å². The van der Waals surface area contributed by atoms with Crippen LogP contribution in [0.25, 0.3) is 0 Å². The molecule has 1 heterocycles. The Morgan fingerprint density at radius 1 is 1.24 bits per heavy atom. The summed E-state index contributed by atoms with van der Waals surface area (Å²) in [7, 11) is -3.72. The van der Waals surface area contributed by atoms with Gasteiger partial charge in [-0.3, -0.25) is 4.79 Å². The number of H-pyrrole nitrogens is 1. The lowest BCUT2D eigenvalue weighted by Crippen LogP contribution is -2.30. The van der Waals surface area contributed by atoms with E-state index >= 15 is 0 Å². The Morgan fingerprint density at radius 2 is 1.88 bits per heavy atom. The number of aromatic nitrogens is 1. The number of hydrogen-bond acceptors (Lipinski definition) is 4. The van der Waals surface area contributed by atoms with Gasteiger partial charge in [0.15, 0.2) is 0 Å². The summed E-state index contributed by atoms with van der Waals surface area (Å²) in [6.45, 7) is 4.06. The second-order valence-electron chi connectivity index (χ2n) is 5.07. The number of sulfonamides is 1. The van der Waals surface area contributed by atoms with E-state index in [4.69, 9.17) is 23.2 Å². The molecule has 0 saturated carbocycles. The fourth-order valence-electron chi connectivity index (χ4n) is 2.20. The van der Waals surface area contributed by atoms with Gasteiger partial charge in [-0.1, -0.05) is 37.0 Å². The van der Waals surface area contributed by atoms with Gasteiger partial charge in [0.05, 0.1) is 15.6 Å². The molecule has 0 spiro atoms. The van der Waals surface area contributed by atoms with Gasteiger partial charge >= 0.3 is 0 Å². The molecule has 0 aliphatic heterocycles. The predicted octanol–water partition coefficient (Wildman–Crippen LogP) is 3.31. The van der Waals surface area contributed by atoms with E-state index in [2.05, 4.69) is 10.3 Å². The van der Waals surface area contributed by atoms with Crippen LogP contribution in [0.2, 0.25) is 10.2 Å². The number of phenolic OH excluding ortho intramolecular Hbond substituents is 1. The Labute approximate surface area is 155 Å². The van der Waals surface area contributed by atoms with Gasteiger partial charge in [0, 0.05) is 13.1 Å². The fourth-order valence-corrected chi connectivity index (χ4v) is 4.00. The molecule has 25 heavy (non-hydrogen) atoms. The van der Waals surface area contributed by atoms with Crippen molar-refractivity contribution in [3.8, 4) is 5.75 Å². The van der Waals surface area contributed by atoms with E-state index in [1.807, 2.05) is 0 Å². The molecule has 2 aromatic rings. The summed E-state index contributed by atoms with van der Waals surface area (Å²) in [6.07, 6.45) is 0. The minimum Gasteiger partial charge on any atom is -0.506 e. The van der Waals surface area contributed by atoms with E-state index in [1.54, 1.807) is 13.8 Å². The monoisotopic (exact) mass is 405 g/mol. The van der Waals surface area contributed by atoms with Crippen molar-refractivity contribution < 1.29 is 18.3 Å². The summed E-state index contributed by atoms with van der Waals surface area (Å²) in [5.41, 5.74) is 0.0338. The Morgan fingerprint density at radius 3 is 2.40 bits per heavy atom. The summed E-state index contributed by atoms with van der Waals surface area (Å²) >= 11 is 11.5.